The van der Waals surface area contributed by atoms with Crippen LogP contribution >= 0.6 is 22.9 Å². The van der Waals surface area contributed by atoms with Gasteiger partial charge in [-0.2, -0.15) is 4.57 Å². The molecular weight excluding hydrogens is 522 g/mol. The van der Waals surface area contributed by atoms with Crippen molar-refractivity contribution in [1.29, 1.82) is 0 Å². The van der Waals surface area contributed by atoms with Crippen molar-refractivity contribution in [2.45, 2.75) is 47.0 Å². The minimum Gasteiger partial charge on any atom is -0.439 e. The van der Waals surface area contributed by atoms with Gasteiger partial charge in [0.1, 0.15) is 11.7 Å². The topological polar surface area (TPSA) is 42.4 Å². The molecule has 4 nitrogen and oxygen atoms in total. The molecule has 5 rings (SSSR count). The maximum Gasteiger partial charge on any atom is 0.262 e. The number of halogens is 1. The minimum absolute atomic E-state index is 0.750. The van der Waals surface area contributed by atoms with Gasteiger partial charge in [-0.1, -0.05) is 99.9 Å². The molecule has 2 N–H and O–H groups in total. The summed E-state index contributed by atoms with van der Waals surface area (Å²) in [6, 6.07) is 22.8. The molecule has 0 aliphatic carbocycles. The summed E-state index contributed by atoms with van der Waals surface area (Å²) in [5.41, 5.74) is 10.7. The number of hydrogen-bond donors (Lipinski definition) is 1. The van der Waals surface area contributed by atoms with Crippen LogP contribution in [0.5, 0.6) is 5.75 Å². The first-order chi connectivity index (χ1) is 18.9. The number of unbranched alkanes of at least 4 members (excludes halogenated alkanes) is 1. The van der Waals surface area contributed by atoms with Crippen LogP contribution in [0, 0.1) is 0 Å². The average molecular weight is 563 g/mol. The van der Waals surface area contributed by atoms with Crippen LogP contribution in [0.1, 0.15) is 52.0 Å². The summed E-state index contributed by atoms with van der Waals surface area (Å²) in [4.78, 5) is 2.12. The Kier molecular flexibility index (Phi) is 11.6. The van der Waals surface area contributed by atoms with Crippen LogP contribution in [-0.2, 0) is 7.05 Å². The summed E-state index contributed by atoms with van der Waals surface area (Å²) in [6.07, 6.45) is 7.92. The van der Waals surface area contributed by atoms with E-state index < -0.39 is 0 Å². The first-order valence-corrected chi connectivity index (χ1v) is 14.9. The van der Waals surface area contributed by atoms with Gasteiger partial charge >= 0.3 is 0 Å². The van der Waals surface area contributed by atoms with Gasteiger partial charge in [0, 0.05) is 30.3 Å². The molecule has 2 heterocycles. The van der Waals surface area contributed by atoms with Crippen LogP contribution in [0.4, 0.5) is 5.69 Å². The van der Waals surface area contributed by atoms with Crippen LogP contribution in [0.3, 0.4) is 0 Å². The van der Waals surface area contributed by atoms with Crippen LogP contribution in [-0.4, -0.2) is 13.6 Å². The molecule has 0 radical (unpaired) electrons. The highest BCUT2D eigenvalue weighted by Crippen LogP contribution is 2.41. The normalized spacial score (nSPS) is 13.4. The Labute approximate surface area is 243 Å². The second-order valence-electron chi connectivity index (χ2n) is 9.28. The third kappa shape index (κ3) is 7.72. The first kappa shape index (κ1) is 30.4. The lowest BCUT2D eigenvalue weighted by Gasteiger charge is -2.12. The Morgan fingerprint density at radius 2 is 1.67 bits per heavy atom. The fourth-order valence-electron chi connectivity index (χ4n) is 3.93. The molecular formula is C33H41ClN3OS+. The molecule has 0 bridgehead atoms. The molecule has 6 heteroatoms. The average Bonchev–Trinajstić information content (AvgIpc) is 3.44. The second-order valence-corrected chi connectivity index (χ2v) is 10.8. The maximum atomic E-state index is 6.21. The highest BCUT2D eigenvalue weighted by Gasteiger charge is 2.24. The van der Waals surface area contributed by atoms with Crippen LogP contribution in [0.15, 0.2) is 84.3 Å². The van der Waals surface area contributed by atoms with Crippen molar-refractivity contribution in [3.8, 4) is 16.9 Å². The number of benzene rings is 3. The lowest BCUT2D eigenvalue weighted by molar-refractivity contribution is -0.642. The quantitative estimate of drug-likeness (QED) is 0.247. The zero-order valence-electron chi connectivity index (χ0n) is 24.0. The number of aromatic nitrogens is 1. The van der Waals surface area contributed by atoms with Crippen molar-refractivity contribution in [2.24, 2.45) is 12.8 Å². The van der Waals surface area contributed by atoms with Crippen molar-refractivity contribution >= 4 is 44.9 Å². The van der Waals surface area contributed by atoms with Crippen molar-refractivity contribution in [1.82, 2.24) is 0 Å². The van der Waals surface area contributed by atoms with E-state index in [1.54, 1.807) is 11.3 Å². The molecule has 39 heavy (non-hydrogen) atoms. The van der Waals surface area contributed by atoms with Crippen molar-refractivity contribution in [3.63, 3.8) is 0 Å². The second kappa shape index (κ2) is 14.9. The lowest BCUT2D eigenvalue weighted by atomic mass is 10.0. The number of nitrogens with zero attached hydrogens (tertiary/aromatic N) is 2. The van der Waals surface area contributed by atoms with E-state index in [0.29, 0.717) is 0 Å². The van der Waals surface area contributed by atoms with Gasteiger partial charge in [0.05, 0.1) is 5.69 Å². The molecule has 0 atom stereocenters. The van der Waals surface area contributed by atoms with E-state index in [4.69, 9.17) is 22.1 Å². The third-order valence-electron chi connectivity index (χ3n) is 6.33. The molecule has 3 aromatic carbocycles. The lowest BCUT2D eigenvalue weighted by Crippen LogP contribution is -2.29. The van der Waals surface area contributed by atoms with Gasteiger partial charge in [-0.3, -0.25) is 0 Å². The number of ether oxygens (including phenoxy) is 1. The van der Waals surface area contributed by atoms with Crippen molar-refractivity contribution in [3.05, 3.63) is 94.3 Å². The summed E-state index contributed by atoms with van der Waals surface area (Å²) in [5.74, 6) is 1.72. The molecule has 0 fully saturated rings. The highest BCUT2D eigenvalue weighted by molar-refractivity contribution is 7.18. The molecule has 0 saturated heterocycles. The molecule has 0 spiro atoms. The van der Waals surface area contributed by atoms with E-state index in [9.17, 15) is 0 Å². The molecule has 1 aliphatic heterocycles. The fraction of sp³-hybridized carbons (Fsp3) is 0.303. The van der Waals surface area contributed by atoms with Gasteiger partial charge in [-0.05, 0) is 53.9 Å². The van der Waals surface area contributed by atoms with Gasteiger partial charge in [0.25, 0.3) is 5.01 Å². The van der Waals surface area contributed by atoms with Crippen LogP contribution in [0.25, 0.3) is 27.4 Å². The summed E-state index contributed by atoms with van der Waals surface area (Å²) in [5, 5.41) is 1.94. The molecule has 4 aromatic rings. The first-order valence-electron chi connectivity index (χ1n) is 13.7. The zero-order valence-corrected chi connectivity index (χ0v) is 25.6. The van der Waals surface area contributed by atoms with Gasteiger partial charge in [-0.15, -0.1) is 0 Å². The number of anilines is 1. The van der Waals surface area contributed by atoms with E-state index in [0.717, 1.165) is 40.8 Å². The summed E-state index contributed by atoms with van der Waals surface area (Å²) < 4.78 is 9.63. The Morgan fingerprint density at radius 1 is 0.974 bits per heavy atom. The number of hydrogen-bond acceptors (Lipinski definition) is 4. The smallest absolute Gasteiger partial charge is 0.262 e. The Morgan fingerprint density at radius 3 is 2.31 bits per heavy atom. The summed E-state index contributed by atoms with van der Waals surface area (Å²) in [6.45, 7) is 9.18. The van der Waals surface area contributed by atoms with E-state index in [2.05, 4.69) is 105 Å². The SMILES string of the molecule is CCC(=Cc1sc2ccc(Cl)cc2[n+]1C)C=C1Oc2ccc(-c3ccccc3)cc2N1C.CCCC.CCN. The minimum atomic E-state index is 0.750. The van der Waals surface area contributed by atoms with Gasteiger partial charge in [0.2, 0.25) is 11.4 Å². The van der Waals surface area contributed by atoms with Gasteiger partial charge < -0.3 is 15.4 Å². The Balaban J connectivity index is 0.000000542. The standard InChI is InChI=1S/C27H24ClN2OS.C4H10.C2H7N/c1-4-18(15-27-30(3)23-17-21(28)11-13-25(23)32-27)14-26-29(2)22-16-20(10-12-24(22)31-26)19-8-6-5-7-9-19;1-3-4-2;1-2-3/h5-17H,4H2,1-3H3;3-4H2,1-2H3;2-3H2,1H3/q+1;;. The van der Waals surface area contributed by atoms with E-state index in [1.807, 2.05) is 25.1 Å². The molecule has 0 unspecified atom stereocenters. The largest absolute Gasteiger partial charge is 0.439 e. The predicted molar refractivity (Wildman–Crippen MR) is 171 cm³/mol. The monoisotopic (exact) mass is 562 g/mol. The Bertz CT molecular complexity index is 1420. The van der Waals surface area contributed by atoms with Crippen LogP contribution in [0.2, 0.25) is 5.02 Å². The van der Waals surface area contributed by atoms with E-state index in [1.165, 1.54) is 39.2 Å². The third-order valence-corrected chi connectivity index (χ3v) is 7.73. The fourth-order valence-corrected chi connectivity index (χ4v) is 5.20. The van der Waals surface area contributed by atoms with Crippen LogP contribution < -0.4 is 19.9 Å². The molecule has 0 saturated carbocycles. The molecule has 0 amide bonds. The number of nitrogens with two attached hydrogens (primary N) is 1. The predicted octanol–water partition coefficient (Wildman–Crippen LogP) is 8.98. The zero-order chi connectivity index (χ0) is 28.4. The molecule has 1 aliphatic rings. The summed E-state index contributed by atoms with van der Waals surface area (Å²) in [7, 11) is 4.14. The number of allylic oxidation sites excluding steroid dienone is 2. The molecule has 206 valence electrons. The van der Waals surface area contributed by atoms with Crippen molar-refractivity contribution < 1.29 is 9.30 Å². The highest BCUT2D eigenvalue weighted by atomic mass is 35.5. The van der Waals surface area contributed by atoms with E-state index >= 15 is 0 Å². The molecule has 1 aromatic heterocycles. The van der Waals surface area contributed by atoms with Gasteiger partial charge in [0.15, 0.2) is 5.75 Å². The maximum absolute atomic E-state index is 6.21. The van der Waals surface area contributed by atoms with Crippen molar-refractivity contribution in [2.75, 3.05) is 18.5 Å². The number of thiazole rings is 1. The number of rotatable bonds is 5. The van der Waals surface area contributed by atoms with Gasteiger partial charge in [-0.25, -0.2) is 0 Å². The van der Waals surface area contributed by atoms with E-state index in [-0.39, 0.29) is 0 Å². The number of aryl methyl sites for hydroxylation is 1. The Hall–Kier alpha value is -3.12. The summed E-state index contributed by atoms with van der Waals surface area (Å²) >= 11 is 7.97. The number of fused-ring (bicyclic) bond motifs is 2.